The minimum absolute atomic E-state index is 0.0708. The number of aromatic nitrogens is 2. The highest BCUT2D eigenvalue weighted by Crippen LogP contribution is 2.25. The molecule has 0 N–H and O–H groups in total. The van der Waals surface area contributed by atoms with E-state index in [9.17, 15) is 8.78 Å². The summed E-state index contributed by atoms with van der Waals surface area (Å²) in [5, 5.41) is 0. The molecule has 2 heterocycles. The zero-order valence-electron chi connectivity index (χ0n) is 12.1. The zero-order valence-corrected chi connectivity index (χ0v) is 12.1. The molecule has 1 aromatic rings. The van der Waals surface area contributed by atoms with Crippen LogP contribution in [0.5, 0.6) is 0 Å². The zero-order chi connectivity index (χ0) is 15.1. The fourth-order valence-electron chi connectivity index (χ4n) is 1.99. The van der Waals surface area contributed by atoms with Gasteiger partial charge in [-0.2, -0.15) is 0 Å². The first-order chi connectivity index (χ1) is 10.1. The van der Waals surface area contributed by atoms with Gasteiger partial charge in [-0.25, -0.2) is 9.97 Å². The van der Waals surface area contributed by atoms with E-state index in [1.54, 1.807) is 12.2 Å². The SMILES string of the molecule is CCCCCc1cnc(C=CC2COC(F)(F)OC2)nc1. The summed E-state index contributed by atoms with van der Waals surface area (Å²) in [6.07, 6.45) is 8.12. The third-order valence-electron chi connectivity index (χ3n) is 3.24. The van der Waals surface area contributed by atoms with E-state index in [4.69, 9.17) is 0 Å². The second-order valence-corrected chi connectivity index (χ2v) is 5.11. The van der Waals surface area contributed by atoms with Crippen molar-refractivity contribution in [3.8, 4) is 0 Å². The number of unbranched alkanes of at least 4 members (excludes halogenated alkanes) is 2. The average Bonchev–Trinajstić information content (AvgIpc) is 2.48. The largest absolute Gasteiger partial charge is 0.485 e. The minimum Gasteiger partial charge on any atom is -0.295 e. The number of hydrogen-bond donors (Lipinski definition) is 0. The van der Waals surface area contributed by atoms with E-state index in [2.05, 4.69) is 26.4 Å². The summed E-state index contributed by atoms with van der Waals surface area (Å²) < 4.78 is 33.8. The quantitative estimate of drug-likeness (QED) is 0.755. The van der Waals surface area contributed by atoms with Crippen LogP contribution in [0.4, 0.5) is 8.78 Å². The number of hydrogen-bond acceptors (Lipinski definition) is 4. The Hall–Kier alpha value is -1.40. The van der Waals surface area contributed by atoms with Crippen molar-refractivity contribution in [2.24, 2.45) is 5.92 Å². The number of halogens is 2. The van der Waals surface area contributed by atoms with Crippen LogP contribution in [0.25, 0.3) is 6.08 Å². The van der Waals surface area contributed by atoms with Gasteiger partial charge in [0.1, 0.15) is 0 Å². The Morgan fingerprint density at radius 3 is 2.52 bits per heavy atom. The maximum Gasteiger partial charge on any atom is 0.485 e. The molecule has 2 rings (SSSR count). The molecule has 1 aliphatic heterocycles. The third-order valence-corrected chi connectivity index (χ3v) is 3.24. The maximum atomic E-state index is 12.6. The van der Waals surface area contributed by atoms with Crippen molar-refractivity contribution in [2.75, 3.05) is 13.2 Å². The molecule has 0 bridgehead atoms. The lowest BCUT2D eigenvalue weighted by molar-refractivity contribution is -0.417. The number of aryl methyl sites for hydroxylation is 1. The Bertz CT molecular complexity index is 453. The van der Waals surface area contributed by atoms with Gasteiger partial charge in [0, 0.05) is 18.3 Å². The van der Waals surface area contributed by atoms with Gasteiger partial charge in [-0.05, 0) is 24.5 Å². The maximum absolute atomic E-state index is 12.6. The van der Waals surface area contributed by atoms with Gasteiger partial charge in [0.05, 0.1) is 13.2 Å². The highest BCUT2D eigenvalue weighted by molar-refractivity contribution is 5.40. The van der Waals surface area contributed by atoms with Crippen LogP contribution < -0.4 is 0 Å². The van der Waals surface area contributed by atoms with Gasteiger partial charge in [-0.3, -0.25) is 9.47 Å². The van der Waals surface area contributed by atoms with E-state index in [1.165, 1.54) is 12.8 Å². The lowest BCUT2D eigenvalue weighted by atomic mass is 10.1. The second-order valence-electron chi connectivity index (χ2n) is 5.11. The Labute approximate surface area is 123 Å². The average molecular weight is 298 g/mol. The van der Waals surface area contributed by atoms with Crippen LogP contribution in [0.1, 0.15) is 37.6 Å². The first-order valence-electron chi connectivity index (χ1n) is 7.24. The summed E-state index contributed by atoms with van der Waals surface area (Å²) in [4.78, 5) is 8.49. The first-order valence-corrected chi connectivity index (χ1v) is 7.24. The van der Waals surface area contributed by atoms with Crippen LogP contribution in [0, 0.1) is 5.92 Å². The van der Waals surface area contributed by atoms with Crippen molar-refractivity contribution in [1.29, 1.82) is 0 Å². The van der Waals surface area contributed by atoms with E-state index in [-0.39, 0.29) is 19.1 Å². The van der Waals surface area contributed by atoms with Gasteiger partial charge in [0.2, 0.25) is 0 Å². The van der Waals surface area contributed by atoms with Crippen molar-refractivity contribution in [2.45, 2.75) is 38.9 Å². The first kappa shape index (κ1) is 16.0. The molecule has 0 aromatic carbocycles. The Balaban J connectivity index is 1.81. The Kier molecular flexibility index (Phi) is 5.76. The molecule has 21 heavy (non-hydrogen) atoms. The monoisotopic (exact) mass is 298 g/mol. The van der Waals surface area contributed by atoms with Crippen LogP contribution in [0.2, 0.25) is 0 Å². The van der Waals surface area contributed by atoms with Crippen molar-refractivity contribution < 1.29 is 18.3 Å². The van der Waals surface area contributed by atoms with Crippen LogP contribution in [-0.4, -0.2) is 29.5 Å². The lowest BCUT2D eigenvalue weighted by Crippen LogP contribution is -2.36. The predicted molar refractivity (Wildman–Crippen MR) is 74.6 cm³/mol. The predicted octanol–water partition coefficient (Wildman–Crippen LogP) is 3.44. The topological polar surface area (TPSA) is 44.2 Å². The Morgan fingerprint density at radius 2 is 1.90 bits per heavy atom. The molecule has 1 fully saturated rings. The lowest BCUT2D eigenvalue weighted by Gasteiger charge is -2.26. The summed E-state index contributed by atoms with van der Waals surface area (Å²) in [5.41, 5.74) is 1.12. The van der Waals surface area contributed by atoms with Crippen molar-refractivity contribution in [3.05, 3.63) is 29.9 Å². The molecular formula is C15H20F2N2O2. The molecule has 0 amide bonds. The fourth-order valence-corrected chi connectivity index (χ4v) is 1.99. The smallest absolute Gasteiger partial charge is 0.295 e. The molecule has 0 atom stereocenters. The summed E-state index contributed by atoms with van der Waals surface area (Å²) in [7, 11) is 0. The molecule has 1 saturated heterocycles. The number of rotatable bonds is 6. The molecule has 0 radical (unpaired) electrons. The number of nitrogens with zero attached hydrogens (tertiary/aromatic N) is 2. The summed E-state index contributed by atoms with van der Waals surface area (Å²) in [5.74, 6) is 0.351. The van der Waals surface area contributed by atoms with E-state index in [0.717, 1.165) is 18.4 Å². The summed E-state index contributed by atoms with van der Waals surface area (Å²) >= 11 is 0. The van der Waals surface area contributed by atoms with Gasteiger partial charge in [0.15, 0.2) is 5.82 Å². The normalized spacial score (nSPS) is 19.2. The molecule has 0 unspecified atom stereocenters. The van der Waals surface area contributed by atoms with Gasteiger partial charge in [-0.15, -0.1) is 8.78 Å². The molecular weight excluding hydrogens is 278 g/mol. The second kappa shape index (κ2) is 7.56. The minimum atomic E-state index is -3.46. The number of ether oxygens (including phenoxy) is 2. The molecule has 116 valence electrons. The van der Waals surface area contributed by atoms with Gasteiger partial charge < -0.3 is 0 Å². The van der Waals surface area contributed by atoms with E-state index in [1.807, 2.05) is 12.4 Å². The van der Waals surface area contributed by atoms with Crippen molar-refractivity contribution >= 4 is 6.08 Å². The molecule has 0 spiro atoms. The van der Waals surface area contributed by atoms with Crippen molar-refractivity contribution in [1.82, 2.24) is 9.97 Å². The van der Waals surface area contributed by atoms with Crippen LogP contribution >= 0.6 is 0 Å². The van der Waals surface area contributed by atoms with Crippen molar-refractivity contribution in [3.63, 3.8) is 0 Å². The molecule has 0 aliphatic carbocycles. The van der Waals surface area contributed by atoms with Gasteiger partial charge >= 0.3 is 6.29 Å². The number of alkyl halides is 2. The van der Waals surface area contributed by atoms with Gasteiger partial charge in [0.25, 0.3) is 0 Å². The highest BCUT2D eigenvalue weighted by atomic mass is 19.3. The fraction of sp³-hybridized carbons (Fsp3) is 0.600. The third kappa shape index (κ3) is 5.47. The molecule has 6 heteroatoms. The van der Waals surface area contributed by atoms with E-state index >= 15 is 0 Å². The molecule has 4 nitrogen and oxygen atoms in total. The van der Waals surface area contributed by atoms with Gasteiger partial charge in [-0.1, -0.05) is 25.8 Å². The highest BCUT2D eigenvalue weighted by Gasteiger charge is 2.37. The molecule has 1 aromatic heterocycles. The van der Waals surface area contributed by atoms with Crippen LogP contribution in [0.3, 0.4) is 0 Å². The van der Waals surface area contributed by atoms with E-state index < -0.39 is 6.29 Å². The van der Waals surface area contributed by atoms with E-state index in [0.29, 0.717) is 5.82 Å². The van der Waals surface area contributed by atoms with Crippen LogP contribution in [0.15, 0.2) is 18.5 Å². The summed E-state index contributed by atoms with van der Waals surface area (Å²) in [6.45, 7) is 2.02. The summed E-state index contributed by atoms with van der Waals surface area (Å²) in [6, 6.07) is 0. The molecule has 1 aliphatic rings. The standard InChI is InChI=1S/C15H20F2N2O2/c1-2-3-4-5-12-8-18-14(19-9-12)7-6-13-10-20-15(16,17)21-11-13/h6-9,13H,2-5,10-11H2,1H3. The Morgan fingerprint density at radius 1 is 1.24 bits per heavy atom. The van der Waals surface area contributed by atoms with Crippen LogP contribution in [-0.2, 0) is 15.9 Å². The molecule has 0 saturated carbocycles.